The molecular weight excluding hydrogens is 343 g/mol. The van der Waals surface area contributed by atoms with Crippen LogP contribution in [-0.4, -0.2) is 9.97 Å². The average Bonchev–Trinajstić information content (AvgIpc) is 2.25. The summed E-state index contributed by atoms with van der Waals surface area (Å²) >= 11 is 7.73. The third-order valence-electron chi connectivity index (χ3n) is 1.85. The minimum absolute atomic E-state index is 0.334. The molecule has 0 aliphatic carbocycles. The first-order chi connectivity index (χ1) is 7.66. The predicted molar refractivity (Wildman–Crippen MR) is 69.4 cm³/mol. The lowest BCUT2D eigenvalue weighted by Gasteiger charge is -2.07. The summed E-state index contributed by atoms with van der Waals surface area (Å²) in [5, 5.41) is 3.24. The van der Waals surface area contributed by atoms with Crippen molar-refractivity contribution in [2.24, 2.45) is 0 Å². The molecule has 0 saturated heterocycles. The van der Waals surface area contributed by atoms with Gasteiger partial charge in [-0.3, -0.25) is 0 Å². The van der Waals surface area contributed by atoms with Crippen molar-refractivity contribution in [1.29, 1.82) is 0 Å². The fraction of sp³-hybridized carbons (Fsp3) is 0. The van der Waals surface area contributed by atoms with Crippen LogP contribution in [0, 0.1) is 9.39 Å². The molecule has 1 N–H and O–H groups in total. The van der Waals surface area contributed by atoms with Crippen LogP contribution in [-0.2, 0) is 0 Å². The molecular formula is C10H6ClFIN3. The monoisotopic (exact) mass is 349 g/mol. The van der Waals surface area contributed by atoms with Crippen LogP contribution in [0.5, 0.6) is 0 Å². The van der Waals surface area contributed by atoms with Crippen LogP contribution in [0.3, 0.4) is 0 Å². The first-order valence-corrected chi connectivity index (χ1v) is 5.80. The third-order valence-corrected chi connectivity index (χ3v) is 2.88. The molecule has 0 unspecified atom stereocenters. The van der Waals surface area contributed by atoms with Crippen LogP contribution in [0.4, 0.5) is 15.9 Å². The third kappa shape index (κ3) is 2.59. The first kappa shape index (κ1) is 11.5. The Labute approximate surface area is 110 Å². The summed E-state index contributed by atoms with van der Waals surface area (Å²) in [6, 6.07) is 4.43. The fourth-order valence-corrected chi connectivity index (χ4v) is 1.72. The van der Waals surface area contributed by atoms with Crippen LogP contribution in [0.15, 0.2) is 30.7 Å². The topological polar surface area (TPSA) is 37.8 Å². The second-order valence-corrected chi connectivity index (χ2v) is 4.57. The molecule has 0 aliphatic heterocycles. The Morgan fingerprint density at radius 3 is 2.88 bits per heavy atom. The van der Waals surface area contributed by atoms with Gasteiger partial charge in [-0.05, 0) is 40.8 Å². The lowest BCUT2D eigenvalue weighted by Crippen LogP contribution is -1.98. The molecule has 0 fully saturated rings. The molecule has 1 aromatic heterocycles. The Balaban J connectivity index is 2.31. The van der Waals surface area contributed by atoms with E-state index in [-0.39, 0.29) is 0 Å². The van der Waals surface area contributed by atoms with Crippen LogP contribution in [0.1, 0.15) is 0 Å². The van der Waals surface area contributed by atoms with Crippen molar-refractivity contribution in [3.05, 3.63) is 45.1 Å². The van der Waals surface area contributed by atoms with Crippen molar-refractivity contribution < 1.29 is 4.39 Å². The van der Waals surface area contributed by atoms with Crippen molar-refractivity contribution in [1.82, 2.24) is 9.97 Å². The Bertz CT molecular complexity index is 521. The summed E-state index contributed by atoms with van der Waals surface area (Å²) in [6.45, 7) is 0. The molecule has 1 aromatic carbocycles. The zero-order chi connectivity index (χ0) is 11.5. The number of rotatable bonds is 2. The maximum atomic E-state index is 13.5. The van der Waals surface area contributed by atoms with Gasteiger partial charge in [0.15, 0.2) is 0 Å². The van der Waals surface area contributed by atoms with Gasteiger partial charge in [-0.1, -0.05) is 11.6 Å². The summed E-state index contributed by atoms with van der Waals surface area (Å²) < 4.78 is 14.3. The smallest absolute Gasteiger partial charge is 0.148 e. The van der Waals surface area contributed by atoms with Gasteiger partial charge in [0, 0.05) is 11.2 Å². The minimum Gasteiger partial charge on any atom is -0.337 e. The van der Waals surface area contributed by atoms with E-state index >= 15 is 0 Å². The van der Waals surface area contributed by atoms with Gasteiger partial charge in [-0.2, -0.15) is 0 Å². The van der Waals surface area contributed by atoms with E-state index in [9.17, 15) is 4.39 Å². The second kappa shape index (κ2) is 4.92. The highest BCUT2D eigenvalue weighted by Crippen LogP contribution is 2.23. The first-order valence-electron chi connectivity index (χ1n) is 4.34. The van der Waals surface area contributed by atoms with E-state index in [1.807, 2.05) is 0 Å². The van der Waals surface area contributed by atoms with Crippen molar-refractivity contribution in [3.8, 4) is 0 Å². The summed E-state index contributed by atoms with van der Waals surface area (Å²) in [4.78, 5) is 7.86. The standard InChI is InChI=1S/C10H6ClFIN3/c11-6-1-2-9(7(12)3-6)16-10-8(13)4-14-5-15-10/h1-5H,(H,14,15,16). The molecule has 6 heteroatoms. The number of nitrogens with one attached hydrogen (secondary N) is 1. The Morgan fingerprint density at radius 1 is 1.38 bits per heavy atom. The van der Waals surface area contributed by atoms with Crippen molar-refractivity contribution in [2.75, 3.05) is 5.32 Å². The van der Waals surface area contributed by atoms with Crippen molar-refractivity contribution in [3.63, 3.8) is 0 Å². The molecule has 0 aliphatic rings. The van der Waals surface area contributed by atoms with Gasteiger partial charge < -0.3 is 5.32 Å². The van der Waals surface area contributed by atoms with Gasteiger partial charge in [0.2, 0.25) is 0 Å². The van der Waals surface area contributed by atoms with E-state index in [1.54, 1.807) is 18.3 Å². The van der Waals surface area contributed by atoms with E-state index in [0.29, 0.717) is 16.5 Å². The highest BCUT2D eigenvalue weighted by atomic mass is 127. The molecule has 82 valence electrons. The van der Waals surface area contributed by atoms with E-state index in [0.717, 1.165) is 3.57 Å². The Hall–Kier alpha value is -0.950. The zero-order valence-corrected chi connectivity index (χ0v) is 10.8. The van der Waals surface area contributed by atoms with Gasteiger partial charge >= 0.3 is 0 Å². The van der Waals surface area contributed by atoms with Crippen molar-refractivity contribution >= 4 is 45.7 Å². The van der Waals surface area contributed by atoms with E-state index in [2.05, 4.69) is 37.9 Å². The predicted octanol–water partition coefficient (Wildman–Crippen LogP) is 3.62. The quantitative estimate of drug-likeness (QED) is 0.842. The van der Waals surface area contributed by atoms with Crippen LogP contribution < -0.4 is 5.32 Å². The number of aromatic nitrogens is 2. The van der Waals surface area contributed by atoms with E-state index in [4.69, 9.17) is 11.6 Å². The van der Waals surface area contributed by atoms with Crippen LogP contribution >= 0.6 is 34.2 Å². The number of hydrogen-bond acceptors (Lipinski definition) is 3. The van der Waals surface area contributed by atoms with Gasteiger partial charge in [-0.15, -0.1) is 0 Å². The summed E-state index contributed by atoms with van der Waals surface area (Å²) in [5.74, 6) is 0.152. The highest BCUT2D eigenvalue weighted by Gasteiger charge is 2.06. The largest absolute Gasteiger partial charge is 0.337 e. The molecule has 0 radical (unpaired) electrons. The fourth-order valence-electron chi connectivity index (χ4n) is 1.12. The Morgan fingerprint density at radius 2 is 2.19 bits per heavy atom. The van der Waals surface area contributed by atoms with Crippen LogP contribution in [0.2, 0.25) is 5.02 Å². The summed E-state index contributed by atoms with van der Waals surface area (Å²) in [5.41, 5.74) is 0.334. The SMILES string of the molecule is Fc1cc(Cl)ccc1Nc1ncncc1I. The van der Waals surface area contributed by atoms with E-state index in [1.165, 1.54) is 12.4 Å². The average molecular weight is 350 g/mol. The molecule has 1 heterocycles. The molecule has 0 spiro atoms. The Kier molecular flexibility index (Phi) is 3.55. The van der Waals surface area contributed by atoms with E-state index < -0.39 is 5.82 Å². The second-order valence-electron chi connectivity index (χ2n) is 2.97. The minimum atomic E-state index is -0.415. The molecule has 0 atom stereocenters. The summed E-state index contributed by atoms with van der Waals surface area (Å²) in [7, 11) is 0. The number of nitrogens with zero attached hydrogens (tertiary/aromatic N) is 2. The molecule has 0 saturated carbocycles. The number of halogens is 3. The van der Waals surface area contributed by atoms with Gasteiger partial charge in [-0.25, -0.2) is 14.4 Å². The van der Waals surface area contributed by atoms with Gasteiger partial charge in [0.1, 0.15) is 18.0 Å². The summed E-state index contributed by atoms with van der Waals surface area (Å²) in [6.07, 6.45) is 3.04. The number of anilines is 2. The molecule has 0 bridgehead atoms. The maximum Gasteiger partial charge on any atom is 0.148 e. The maximum absolute atomic E-state index is 13.5. The lowest BCUT2D eigenvalue weighted by molar-refractivity contribution is 0.632. The van der Waals surface area contributed by atoms with Crippen LogP contribution in [0.25, 0.3) is 0 Å². The number of benzene rings is 1. The normalized spacial score (nSPS) is 10.2. The lowest BCUT2D eigenvalue weighted by atomic mass is 10.3. The molecule has 16 heavy (non-hydrogen) atoms. The molecule has 2 rings (SSSR count). The number of hydrogen-bond donors (Lipinski definition) is 1. The van der Waals surface area contributed by atoms with Gasteiger partial charge in [0.05, 0.1) is 9.26 Å². The molecule has 3 nitrogen and oxygen atoms in total. The molecule has 2 aromatic rings. The molecule has 0 amide bonds. The van der Waals surface area contributed by atoms with Gasteiger partial charge in [0.25, 0.3) is 0 Å². The van der Waals surface area contributed by atoms with Crippen molar-refractivity contribution in [2.45, 2.75) is 0 Å². The highest BCUT2D eigenvalue weighted by molar-refractivity contribution is 14.1. The zero-order valence-electron chi connectivity index (χ0n) is 7.92.